The lowest BCUT2D eigenvalue weighted by molar-refractivity contribution is 0.0954. The molecule has 4 N–H and O–H groups in total. The van der Waals surface area contributed by atoms with Gasteiger partial charge in [0.2, 0.25) is 0 Å². The third-order valence-corrected chi connectivity index (χ3v) is 6.44. The summed E-state index contributed by atoms with van der Waals surface area (Å²) in [6.45, 7) is 1.98. The Morgan fingerprint density at radius 1 is 1.00 bits per heavy atom. The van der Waals surface area contributed by atoms with Crippen LogP contribution in [0.2, 0.25) is 5.02 Å². The highest BCUT2D eigenvalue weighted by Gasteiger charge is 2.17. The van der Waals surface area contributed by atoms with Crippen molar-refractivity contribution < 1.29 is 19.8 Å². The molecule has 33 heavy (non-hydrogen) atoms. The fourth-order valence-corrected chi connectivity index (χ4v) is 4.59. The minimum absolute atomic E-state index is 0.0782. The van der Waals surface area contributed by atoms with E-state index < -0.39 is 5.91 Å². The van der Waals surface area contributed by atoms with Crippen LogP contribution < -0.4 is 10.7 Å². The highest BCUT2D eigenvalue weighted by Crippen LogP contribution is 2.36. The monoisotopic (exact) mass is 479 g/mol. The quantitative estimate of drug-likeness (QED) is 0.230. The maximum Gasteiger partial charge on any atom is 0.271 e. The number of nitrogens with zero attached hydrogens (tertiary/aromatic N) is 1. The molecule has 0 unspecified atom stereocenters. The van der Waals surface area contributed by atoms with Crippen molar-refractivity contribution in [1.82, 2.24) is 5.43 Å². The lowest BCUT2D eigenvalue weighted by Gasteiger charge is -2.05. The molecule has 9 heteroatoms. The van der Waals surface area contributed by atoms with Crippen LogP contribution in [0.3, 0.4) is 0 Å². The van der Waals surface area contributed by atoms with Gasteiger partial charge < -0.3 is 15.5 Å². The number of nitrogens with one attached hydrogen (secondary N) is 2. The Hall–Kier alpha value is -3.88. The number of carbonyl (C=O) groups is 2. The maximum atomic E-state index is 12.7. The second kappa shape index (κ2) is 9.32. The number of rotatable bonds is 5. The summed E-state index contributed by atoms with van der Waals surface area (Å²) in [6, 6.07) is 16.2. The summed E-state index contributed by atoms with van der Waals surface area (Å²) in [5, 5.41) is 26.9. The molecule has 0 spiro atoms. The first-order valence-electron chi connectivity index (χ1n) is 9.77. The summed E-state index contributed by atoms with van der Waals surface area (Å²) in [5.41, 5.74) is 4.62. The molecule has 3 aromatic carbocycles. The lowest BCUT2D eigenvalue weighted by Crippen LogP contribution is -2.17. The molecule has 0 saturated heterocycles. The van der Waals surface area contributed by atoms with Gasteiger partial charge in [-0.1, -0.05) is 23.7 Å². The summed E-state index contributed by atoms with van der Waals surface area (Å²) in [7, 11) is 0. The van der Waals surface area contributed by atoms with Crippen LogP contribution in [-0.4, -0.2) is 28.2 Å². The van der Waals surface area contributed by atoms with Gasteiger partial charge in [-0.25, -0.2) is 5.43 Å². The van der Waals surface area contributed by atoms with Crippen molar-refractivity contribution in [2.45, 2.75) is 6.92 Å². The number of amides is 2. The predicted octanol–water partition coefficient (Wildman–Crippen LogP) is 5.29. The summed E-state index contributed by atoms with van der Waals surface area (Å²) in [6.07, 6.45) is 1.26. The molecule has 0 aliphatic rings. The van der Waals surface area contributed by atoms with Crippen LogP contribution in [0.25, 0.3) is 10.1 Å². The Labute approximate surface area is 198 Å². The number of hydrogen-bond acceptors (Lipinski definition) is 6. The average molecular weight is 480 g/mol. The molecule has 0 aliphatic carbocycles. The first-order valence-corrected chi connectivity index (χ1v) is 11.0. The third kappa shape index (κ3) is 4.97. The van der Waals surface area contributed by atoms with Crippen LogP contribution in [-0.2, 0) is 0 Å². The molecular weight excluding hydrogens is 462 g/mol. The number of halogens is 1. The van der Waals surface area contributed by atoms with Crippen molar-refractivity contribution in [2.75, 3.05) is 5.32 Å². The topological polar surface area (TPSA) is 111 Å². The smallest absolute Gasteiger partial charge is 0.271 e. The number of fused-ring (bicyclic) bond motifs is 1. The second-order valence-electron chi connectivity index (χ2n) is 7.22. The van der Waals surface area contributed by atoms with Crippen LogP contribution in [0.4, 0.5) is 5.69 Å². The van der Waals surface area contributed by atoms with Gasteiger partial charge in [0.1, 0.15) is 16.4 Å². The minimum Gasteiger partial charge on any atom is -0.508 e. The number of aromatic hydroxyl groups is 2. The molecule has 2 amide bonds. The van der Waals surface area contributed by atoms with E-state index in [1.165, 1.54) is 35.8 Å². The molecule has 1 aromatic heterocycles. The number of phenolic OH excluding ortho intramolecular Hbond substituents is 2. The van der Waals surface area contributed by atoms with Gasteiger partial charge in [-0.3, -0.25) is 9.59 Å². The molecule has 0 radical (unpaired) electrons. The fourth-order valence-electron chi connectivity index (χ4n) is 3.08. The van der Waals surface area contributed by atoms with E-state index in [-0.39, 0.29) is 17.4 Å². The number of carbonyl (C=O) groups excluding carboxylic acids is 2. The Balaban J connectivity index is 1.40. The highest BCUT2D eigenvalue weighted by molar-refractivity contribution is 7.21. The van der Waals surface area contributed by atoms with E-state index in [4.69, 9.17) is 11.6 Å². The molecule has 1 heterocycles. The normalized spacial score (nSPS) is 11.1. The van der Waals surface area contributed by atoms with Gasteiger partial charge >= 0.3 is 0 Å². The zero-order valence-electron chi connectivity index (χ0n) is 17.3. The van der Waals surface area contributed by atoms with Crippen molar-refractivity contribution in [3.05, 3.63) is 87.3 Å². The highest BCUT2D eigenvalue weighted by atomic mass is 35.5. The molecule has 0 atom stereocenters. The van der Waals surface area contributed by atoms with Crippen molar-refractivity contribution in [2.24, 2.45) is 5.10 Å². The Bertz CT molecular complexity index is 1400. The largest absolute Gasteiger partial charge is 0.508 e. The molecule has 0 fully saturated rings. The lowest BCUT2D eigenvalue weighted by atomic mass is 10.2. The van der Waals surface area contributed by atoms with E-state index in [0.29, 0.717) is 26.7 Å². The summed E-state index contributed by atoms with van der Waals surface area (Å²) < 4.78 is 0.943. The first kappa shape index (κ1) is 22.3. The molecule has 0 bridgehead atoms. The average Bonchev–Trinajstić information content (AvgIpc) is 3.11. The number of benzene rings is 3. The van der Waals surface area contributed by atoms with Crippen molar-refractivity contribution in [3.8, 4) is 11.5 Å². The predicted molar refractivity (Wildman–Crippen MR) is 131 cm³/mol. The maximum absolute atomic E-state index is 12.7. The van der Waals surface area contributed by atoms with Gasteiger partial charge in [0, 0.05) is 33.0 Å². The number of aryl methyl sites for hydroxylation is 1. The molecule has 0 saturated carbocycles. The van der Waals surface area contributed by atoms with Gasteiger partial charge in [0.25, 0.3) is 11.8 Å². The fraction of sp³-hybridized carbons (Fsp3) is 0.0417. The Morgan fingerprint density at radius 3 is 2.48 bits per heavy atom. The number of phenols is 2. The minimum atomic E-state index is -0.467. The van der Waals surface area contributed by atoms with E-state index in [0.717, 1.165) is 15.6 Å². The Morgan fingerprint density at radius 2 is 1.76 bits per heavy atom. The molecule has 4 rings (SSSR count). The van der Waals surface area contributed by atoms with E-state index in [2.05, 4.69) is 15.8 Å². The summed E-state index contributed by atoms with van der Waals surface area (Å²) >= 11 is 7.73. The molecule has 4 aromatic rings. The van der Waals surface area contributed by atoms with Gasteiger partial charge in [-0.15, -0.1) is 11.3 Å². The number of hydrazone groups is 1. The molecule has 7 nitrogen and oxygen atoms in total. The van der Waals surface area contributed by atoms with Crippen LogP contribution in [0.5, 0.6) is 11.5 Å². The van der Waals surface area contributed by atoms with E-state index in [9.17, 15) is 19.8 Å². The summed E-state index contributed by atoms with van der Waals surface area (Å²) in [4.78, 5) is 25.4. The van der Waals surface area contributed by atoms with Gasteiger partial charge in [0.15, 0.2) is 0 Å². The molecular formula is C24H18ClN3O4S. The van der Waals surface area contributed by atoms with Crippen LogP contribution >= 0.6 is 22.9 Å². The number of hydrogen-bond donors (Lipinski definition) is 4. The molecule has 166 valence electrons. The zero-order chi connectivity index (χ0) is 23.5. The standard InChI is InChI=1S/C24H18ClN3O4S/c1-13-2-9-18-20(10-13)33-22(21(18)25)24(32)27-16-6-3-14(4-7-16)23(31)28-26-12-15-5-8-17(29)11-19(15)30/h2-12,29-30H,1H3,(H,27,32)(H,28,31)/b26-12-. The third-order valence-electron chi connectivity index (χ3n) is 4.78. The van der Waals surface area contributed by atoms with Gasteiger partial charge in [-0.05, 0) is 55.0 Å². The second-order valence-corrected chi connectivity index (χ2v) is 8.65. The summed E-state index contributed by atoms with van der Waals surface area (Å²) in [5.74, 6) is -1.03. The number of thiophene rings is 1. The van der Waals surface area contributed by atoms with Crippen molar-refractivity contribution >= 4 is 56.7 Å². The van der Waals surface area contributed by atoms with Gasteiger partial charge in [0.05, 0.1) is 11.2 Å². The number of anilines is 1. The van der Waals surface area contributed by atoms with E-state index in [1.54, 1.807) is 24.3 Å². The van der Waals surface area contributed by atoms with Crippen LogP contribution in [0.1, 0.15) is 31.2 Å². The zero-order valence-corrected chi connectivity index (χ0v) is 18.9. The van der Waals surface area contributed by atoms with Gasteiger partial charge in [-0.2, -0.15) is 5.10 Å². The van der Waals surface area contributed by atoms with Crippen molar-refractivity contribution in [3.63, 3.8) is 0 Å². The SMILES string of the molecule is Cc1ccc2c(Cl)c(C(=O)Nc3ccc(C(=O)N/N=C\c4ccc(O)cc4O)cc3)sc2c1. The van der Waals surface area contributed by atoms with Crippen LogP contribution in [0.15, 0.2) is 65.8 Å². The van der Waals surface area contributed by atoms with Crippen molar-refractivity contribution in [1.29, 1.82) is 0 Å². The van der Waals surface area contributed by atoms with E-state index >= 15 is 0 Å². The molecule has 0 aliphatic heterocycles. The van der Waals surface area contributed by atoms with Crippen LogP contribution in [0, 0.1) is 6.92 Å². The first-order chi connectivity index (χ1) is 15.8. The van der Waals surface area contributed by atoms with E-state index in [1.807, 2.05) is 25.1 Å². The Kier molecular flexibility index (Phi) is 6.30.